The maximum atomic E-state index is 13.1. The number of nitrogens with zero attached hydrogens (tertiary/aromatic N) is 1. The summed E-state index contributed by atoms with van der Waals surface area (Å²) in [6.45, 7) is -0.711. The molecular weight excluding hydrogens is 490 g/mol. The predicted molar refractivity (Wildman–Crippen MR) is 131 cm³/mol. The first-order valence-electron chi connectivity index (χ1n) is 11.3. The van der Waals surface area contributed by atoms with Gasteiger partial charge in [0.2, 0.25) is 17.7 Å². The van der Waals surface area contributed by atoms with Crippen LogP contribution in [0.1, 0.15) is 24.8 Å². The van der Waals surface area contributed by atoms with Crippen LogP contribution in [0.4, 0.5) is 0 Å². The smallest absolute Gasteiger partial charge is 0.328 e. The lowest BCUT2D eigenvalue weighted by molar-refractivity contribution is -0.144. The van der Waals surface area contributed by atoms with E-state index in [4.69, 9.17) is 32.5 Å². The van der Waals surface area contributed by atoms with Gasteiger partial charge in [0, 0.05) is 13.0 Å². The minimum Gasteiger partial charge on any atom is -0.481 e. The number of carbonyl (C=O) groups excluding carboxylic acids is 3. The minimum atomic E-state index is -1.71. The Bertz CT molecular complexity index is 969. The number of amides is 3. The predicted octanol–water partition coefficient (Wildman–Crippen LogP) is -3.38. The van der Waals surface area contributed by atoms with E-state index in [9.17, 15) is 24.0 Å². The van der Waals surface area contributed by atoms with E-state index in [0.29, 0.717) is 12.0 Å². The van der Waals surface area contributed by atoms with Gasteiger partial charge in [-0.25, -0.2) is 4.79 Å². The number of aliphatic imine (C=N–C) groups is 1. The summed E-state index contributed by atoms with van der Waals surface area (Å²) >= 11 is 0. The van der Waals surface area contributed by atoms with Crippen molar-refractivity contribution in [2.75, 3.05) is 13.2 Å². The van der Waals surface area contributed by atoms with Crippen LogP contribution in [-0.4, -0.2) is 88.3 Å². The molecule has 15 nitrogen and oxygen atoms in total. The quantitative estimate of drug-likeness (QED) is 0.0585. The monoisotopic (exact) mass is 523 g/mol. The Morgan fingerprint density at radius 1 is 0.865 bits per heavy atom. The molecule has 204 valence electrons. The molecule has 1 aromatic rings. The summed E-state index contributed by atoms with van der Waals surface area (Å²) in [4.78, 5) is 64.4. The minimum absolute atomic E-state index is 0.0189. The first-order chi connectivity index (χ1) is 17.4. The number of aliphatic hydroxyl groups excluding tert-OH is 1. The number of aliphatic carboxylic acids is 2. The summed E-state index contributed by atoms with van der Waals surface area (Å²) in [6, 6.07) is 2.89. The Kier molecular flexibility index (Phi) is 13.1. The van der Waals surface area contributed by atoms with Gasteiger partial charge in [0.15, 0.2) is 5.96 Å². The number of carbonyl (C=O) groups is 5. The summed E-state index contributed by atoms with van der Waals surface area (Å²) in [6.07, 6.45) is -0.316. The van der Waals surface area contributed by atoms with Crippen LogP contribution in [0.5, 0.6) is 0 Å². The Morgan fingerprint density at radius 2 is 1.43 bits per heavy atom. The van der Waals surface area contributed by atoms with E-state index in [0.717, 1.165) is 0 Å². The second kappa shape index (κ2) is 15.7. The third-order valence-electron chi connectivity index (χ3n) is 5.03. The molecule has 0 unspecified atom stereocenters. The maximum Gasteiger partial charge on any atom is 0.328 e. The lowest BCUT2D eigenvalue weighted by Gasteiger charge is -2.24. The summed E-state index contributed by atoms with van der Waals surface area (Å²) < 4.78 is 0. The maximum absolute atomic E-state index is 13.1. The van der Waals surface area contributed by atoms with Crippen LogP contribution in [0, 0.1) is 0 Å². The number of carboxylic acids is 2. The van der Waals surface area contributed by atoms with Crippen molar-refractivity contribution in [1.82, 2.24) is 16.0 Å². The molecule has 0 radical (unpaired) electrons. The summed E-state index contributed by atoms with van der Waals surface area (Å²) in [5.74, 6) is -5.83. The number of guanidine groups is 1. The summed E-state index contributed by atoms with van der Waals surface area (Å²) in [5, 5.41) is 34.0. The van der Waals surface area contributed by atoms with E-state index in [-0.39, 0.29) is 25.3 Å². The fourth-order valence-electron chi connectivity index (χ4n) is 3.10. The van der Waals surface area contributed by atoms with Crippen molar-refractivity contribution in [1.29, 1.82) is 0 Å². The van der Waals surface area contributed by atoms with Crippen LogP contribution in [0.2, 0.25) is 0 Å². The molecule has 15 heteroatoms. The van der Waals surface area contributed by atoms with Crippen molar-refractivity contribution in [3.63, 3.8) is 0 Å². The molecule has 0 aliphatic rings. The molecule has 0 aromatic heterocycles. The van der Waals surface area contributed by atoms with Gasteiger partial charge in [0.1, 0.15) is 18.1 Å². The zero-order chi connectivity index (χ0) is 28.0. The lowest BCUT2D eigenvalue weighted by Crippen LogP contribution is -2.58. The van der Waals surface area contributed by atoms with Gasteiger partial charge in [0.05, 0.1) is 19.1 Å². The number of carboxylic acid groups (broad SMARTS) is 2. The molecule has 0 saturated carbocycles. The molecule has 0 aliphatic carbocycles. The first-order valence-corrected chi connectivity index (χ1v) is 11.3. The number of nitrogens with one attached hydrogen (secondary N) is 3. The van der Waals surface area contributed by atoms with Gasteiger partial charge in [0.25, 0.3) is 0 Å². The van der Waals surface area contributed by atoms with Crippen molar-refractivity contribution >= 4 is 35.6 Å². The van der Waals surface area contributed by atoms with Crippen molar-refractivity contribution in [3.05, 3.63) is 35.9 Å². The standard InChI is InChI=1S/C22H33N7O8/c23-13(7-4-8-26-22(24)25)18(33)27-14(9-12-5-2-1-3-6-12)19(34)28-15(10-17(31)32)20(35)29-16(11-30)21(36)37/h1-3,5-6,13-16,30H,4,7-11,23H2,(H,27,33)(H,28,34)(H,29,35)(H,31,32)(H,36,37)(H4,24,25,26)/t13-,14+,15-,16+/m0/s1. The third-order valence-corrected chi connectivity index (χ3v) is 5.03. The Balaban J connectivity index is 3.02. The van der Waals surface area contributed by atoms with Gasteiger partial charge in [-0.15, -0.1) is 0 Å². The van der Waals surface area contributed by atoms with Gasteiger partial charge in [-0.2, -0.15) is 0 Å². The van der Waals surface area contributed by atoms with Gasteiger partial charge >= 0.3 is 11.9 Å². The number of nitrogens with two attached hydrogens (primary N) is 3. The highest BCUT2D eigenvalue weighted by molar-refractivity contribution is 5.95. The number of hydrogen-bond acceptors (Lipinski definition) is 8. The number of rotatable bonds is 16. The molecule has 0 spiro atoms. The van der Waals surface area contributed by atoms with Crippen molar-refractivity contribution in [2.45, 2.75) is 49.9 Å². The molecule has 1 rings (SSSR count). The van der Waals surface area contributed by atoms with E-state index >= 15 is 0 Å². The largest absolute Gasteiger partial charge is 0.481 e. The lowest BCUT2D eigenvalue weighted by atomic mass is 10.0. The average Bonchev–Trinajstić information content (AvgIpc) is 2.83. The van der Waals surface area contributed by atoms with E-state index in [1.807, 2.05) is 5.32 Å². The number of hydrogen-bond donors (Lipinski definition) is 9. The van der Waals surface area contributed by atoms with Crippen LogP contribution in [0.15, 0.2) is 35.3 Å². The normalized spacial score (nSPS) is 13.8. The summed E-state index contributed by atoms with van der Waals surface area (Å²) in [5.41, 5.74) is 17.1. The van der Waals surface area contributed by atoms with E-state index in [1.54, 1.807) is 30.3 Å². The molecule has 37 heavy (non-hydrogen) atoms. The molecule has 0 saturated heterocycles. The molecule has 1 aromatic carbocycles. The van der Waals surface area contributed by atoms with Gasteiger partial charge in [-0.05, 0) is 18.4 Å². The third kappa shape index (κ3) is 11.8. The van der Waals surface area contributed by atoms with Crippen LogP contribution in [-0.2, 0) is 30.4 Å². The topological polar surface area (TPSA) is 273 Å². The number of benzene rings is 1. The summed E-state index contributed by atoms with van der Waals surface area (Å²) in [7, 11) is 0. The SMILES string of the molecule is NC(N)=NCCC[C@H](N)C(=O)N[C@H](Cc1ccccc1)C(=O)N[C@@H](CC(=O)O)C(=O)N[C@H](CO)C(=O)O. The Hall–Kier alpha value is -4.24. The van der Waals surface area contributed by atoms with Gasteiger partial charge in [-0.1, -0.05) is 30.3 Å². The highest BCUT2D eigenvalue weighted by atomic mass is 16.4. The number of aliphatic hydroxyl groups is 1. The fraction of sp³-hybridized carbons (Fsp3) is 0.455. The molecule has 4 atom stereocenters. The Morgan fingerprint density at radius 3 is 1.97 bits per heavy atom. The molecular formula is C22H33N7O8. The van der Waals surface area contributed by atoms with Crippen LogP contribution in [0.25, 0.3) is 0 Å². The highest BCUT2D eigenvalue weighted by Gasteiger charge is 2.31. The van der Waals surface area contributed by atoms with Crippen LogP contribution >= 0.6 is 0 Å². The van der Waals surface area contributed by atoms with Crippen LogP contribution < -0.4 is 33.2 Å². The van der Waals surface area contributed by atoms with Crippen LogP contribution in [0.3, 0.4) is 0 Å². The van der Waals surface area contributed by atoms with Gasteiger partial charge < -0.3 is 48.5 Å². The Labute approximate surface area is 212 Å². The first kappa shape index (κ1) is 30.8. The highest BCUT2D eigenvalue weighted by Crippen LogP contribution is 2.06. The van der Waals surface area contributed by atoms with Crippen molar-refractivity contribution in [3.8, 4) is 0 Å². The van der Waals surface area contributed by atoms with E-state index < -0.39 is 66.9 Å². The molecule has 0 heterocycles. The molecule has 3 amide bonds. The zero-order valence-corrected chi connectivity index (χ0v) is 20.0. The fourth-order valence-corrected chi connectivity index (χ4v) is 3.10. The molecule has 0 aliphatic heterocycles. The molecule has 0 bridgehead atoms. The van der Waals surface area contributed by atoms with E-state index in [2.05, 4.69) is 15.6 Å². The average molecular weight is 524 g/mol. The molecule has 12 N–H and O–H groups in total. The second-order valence-corrected chi connectivity index (χ2v) is 8.05. The van der Waals surface area contributed by atoms with E-state index in [1.165, 1.54) is 0 Å². The zero-order valence-electron chi connectivity index (χ0n) is 20.0. The molecule has 0 fully saturated rings. The van der Waals surface area contributed by atoms with Gasteiger partial charge in [-0.3, -0.25) is 24.2 Å². The van der Waals surface area contributed by atoms with Crippen molar-refractivity contribution in [2.24, 2.45) is 22.2 Å². The van der Waals surface area contributed by atoms with Crippen molar-refractivity contribution < 1.29 is 39.3 Å². The second-order valence-electron chi connectivity index (χ2n) is 8.05.